The number of aromatic hydroxyl groups is 1. The number of fused-ring (bicyclic) bond motifs is 2. The van der Waals surface area contributed by atoms with Gasteiger partial charge in [-0.25, -0.2) is 9.97 Å². The molecule has 0 aliphatic heterocycles. The van der Waals surface area contributed by atoms with Gasteiger partial charge in [-0.3, -0.25) is 9.55 Å². The Kier molecular flexibility index (Phi) is 13.1. The Morgan fingerprint density at radius 3 is 1.85 bits per heavy atom. The summed E-state index contributed by atoms with van der Waals surface area (Å²) in [6.45, 7) is 29.0. The Balaban J connectivity index is 0.00000625. The number of aromatic nitrogens is 4. The third kappa shape index (κ3) is 9.15. The van der Waals surface area contributed by atoms with Crippen molar-refractivity contribution in [2.24, 2.45) is 0 Å². The SMILES string of the molecule is CC(C)c1cccc(C(C)C)c1-c1nc2cnc(-c3[c-]c(-c4cccc5c4nc(-c4cc(C(C)(C)C)cc(C(C)(C)C)c4O)n5-c4ccccc4-c4ccccc4)cc(C(C)(C)C)c3)cc2s1.[Pt]. The molecule has 3 aromatic heterocycles. The van der Waals surface area contributed by atoms with E-state index in [2.05, 4.69) is 222 Å². The average Bonchev–Trinajstić information content (AvgIpc) is 3.89. The normalized spacial score (nSPS) is 12.4. The molecule has 9 aromatic rings. The van der Waals surface area contributed by atoms with Gasteiger partial charge in [0.1, 0.15) is 16.6 Å². The van der Waals surface area contributed by atoms with Crippen molar-refractivity contribution in [1.29, 1.82) is 0 Å². The van der Waals surface area contributed by atoms with Gasteiger partial charge >= 0.3 is 0 Å². The molecule has 0 atom stereocenters. The van der Waals surface area contributed by atoms with E-state index < -0.39 is 0 Å². The van der Waals surface area contributed by atoms with Gasteiger partial charge in [0.05, 0.1) is 32.5 Å². The topological polar surface area (TPSA) is 63.8 Å². The first-order valence-corrected chi connectivity index (χ1v) is 24.5. The van der Waals surface area contributed by atoms with Crippen LogP contribution in [0.1, 0.15) is 130 Å². The molecule has 0 unspecified atom stereocenters. The molecule has 0 fully saturated rings. The van der Waals surface area contributed by atoms with Crippen LogP contribution in [-0.4, -0.2) is 24.6 Å². The Hall–Kier alpha value is -5.68. The van der Waals surface area contributed by atoms with Gasteiger partial charge in [-0.05, 0) is 68.5 Å². The monoisotopic (exact) mass is 1090 g/mol. The maximum atomic E-state index is 12.5. The second-order valence-electron chi connectivity index (χ2n) is 21.9. The zero-order valence-electron chi connectivity index (χ0n) is 41.7. The molecule has 0 radical (unpaired) electrons. The summed E-state index contributed by atoms with van der Waals surface area (Å²) in [4.78, 5) is 15.9. The number of rotatable bonds is 8. The second kappa shape index (κ2) is 18.3. The number of phenols is 1. The standard InChI is InChI=1S/C61H63N4OS.Pt/c1-36(2)43-24-19-25-44(37(3)4)54(43)58-63-50-35-62-49(34-53(50)67-58)40-29-39(30-41(31-40)59(5,6)7)46-26-20-28-52-55(46)64-57(47-32-42(60(8,9)10)33-48(56(47)66)61(11,12)13)65(52)51-27-18-17-23-45(51)38-21-15-14-16-22-38;/h14-28,30-37,66H,1-13H3;/q-1;. The van der Waals surface area contributed by atoms with Gasteiger partial charge < -0.3 is 5.11 Å². The van der Waals surface area contributed by atoms with Crippen molar-refractivity contribution >= 4 is 32.6 Å². The van der Waals surface area contributed by atoms with Gasteiger partial charge in [-0.1, -0.05) is 192 Å². The van der Waals surface area contributed by atoms with Gasteiger partial charge in [0.15, 0.2) is 0 Å². The average molecular weight is 1100 g/mol. The van der Waals surface area contributed by atoms with Crippen molar-refractivity contribution in [3.63, 3.8) is 0 Å². The van der Waals surface area contributed by atoms with Crippen molar-refractivity contribution in [3.8, 4) is 66.9 Å². The molecule has 3 heterocycles. The fourth-order valence-electron chi connectivity index (χ4n) is 9.25. The molecule has 1 N–H and O–H groups in total. The van der Waals surface area contributed by atoms with Crippen LogP contribution in [0.3, 0.4) is 0 Å². The molecule has 0 saturated carbocycles. The van der Waals surface area contributed by atoms with Crippen LogP contribution >= 0.6 is 11.3 Å². The van der Waals surface area contributed by atoms with Crippen molar-refractivity contribution in [3.05, 3.63) is 161 Å². The van der Waals surface area contributed by atoms with Gasteiger partial charge in [0.2, 0.25) is 0 Å². The minimum atomic E-state index is -0.323. The summed E-state index contributed by atoms with van der Waals surface area (Å²) in [6.07, 6.45) is 1.93. The summed E-state index contributed by atoms with van der Waals surface area (Å²) >= 11 is 1.74. The minimum absolute atomic E-state index is 0. The van der Waals surface area contributed by atoms with Crippen LogP contribution in [-0.2, 0) is 37.3 Å². The van der Waals surface area contributed by atoms with E-state index in [0.717, 1.165) is 76.6 Å². The number of hydrogen-bond acceptors (Lipinski definition) is 5. The van der Waals surface area contributed by atoms with Crippen LogP contribution in [0.5, 0.6) is 5.75 Å². The summed E-state index contributed by atoms with van der Waals surface area (Å²) in [5, 5.41) is 13.5. The maximum Gasteiger partial charge on any atom is 0.148 e. The fourth-order valence-corrected chi connectivity index (χ4v) is 10.3. The second-order valence-corrected chi connectivity index (χ2v) is 22.9. The van der Waals surface area contributed by atoms with E-state index >= 15 is 0 Å². The van der Waals surface area contributed by atoms with E-state index in [9.17, 15) is 5.11 Å². The van der Waals surface area contributed by atoms with Crippen molar-refractivity contribution < 1.29 is 26.2 Å². The molecule has 350 valence electrons. The predicted octanol–water partition coefficient (Wildman–Crippen LogP) is 17.0. The number of thiazole rings is 1. The van der Waals surface area contributed by atoms with E-state index in [1.165, 1.54) is 22.3 Å². The van der Waals surface area contributed by atoms with Crippen LogP contribution in [0.25, 0.3) is 82.4 Å². The van der Waals surface area contributed by atoms with Crippen LogP contribution in [0, 0.1) is 6.07 Å². The first-order chi connectivity index (χ1) is 31.7. The Bertz CT molecular complexity index is 3290. The van der Waals surface area contributed by atoms with Gasteiger partial charge in [-0.15, -0.1) is 40.7 Å². The summed E-state index contributed by atoms with van der Waals surface area (Å²) in [6, 6.07) is 47.0. The van der Waals surface area contributed by atoms with Gasteiger partial charge in [0.25, 0.3) is 0 Å². The number of para-hydroxylation sites is 2. The van der Waals surface area contributed by atoms with E-state index in [1.54, 1.807) is 11.3 Å². The first kappa shape index (κ1) is 48.8. The number of phenolic OH excluding ortho intramolecular Hbond substituents is 1. The smallest absolute Gasteiger partial charge is 0.148 e. The molecule has 0 amide bonds. The predicted molar refractivity (Wildman–Crippen MR) is 284 cm³/mol. The maximum absolute atomic E-state index is 12.5. The third-order valence-corrected chi connectivity index (χ3v) is 14.1. The third-order valence-electron chi connectivity index (χ3n) is 13.1. The molecule has 0 spiro atoms. The zero-order chi connectivity index (χ0) is 47.7. The molecule has 5 nitrogen and oxygen atoms in total. The summed E-state index contributed by atoms with van der Waals surface area (Å²) in [5.74, 6) is 1.67. The van der Waals surface area contributed by atoms with Crippen LogP contribution in [0.4, 0.5) is 0 Å². The van der Waals surface area contributed by atoms with Crippen molar-refractivity contribution in [2.45, 2.75) is 118 Å². The van der Waals surface area contributed by atoms with Crippen LogP contribution < -0.4 is 0 Å². The molecule has 0 saturated heterocycles. The molecular formula is C61H63N4OPtS-. The molecule has 0 aliphatic carbocycles. The Morgan fingerprint density at radius 1 is 0.603 bits per heavy atom. The summed E-state index contributed by atoms with van der Waals surface area (Å²) < 4.78 is 3.35. The van der Waals surface area contributed by atoms with Crippen molar-refractivity contribution in [2.75, 3.05) is 0 Å². The molecule has 0 bridgehead atoms. The zero-order valence-corrected chi connectivity index (χ0v) is 44.8. The Morgan fingerprint density at radius 2 is 1.21 bits per heavy atom. The molecule has 9 rings (SSSR count). The first-order valence-electron chi connectivity index (χ1n) is 23.7. The van der Waals surface area contributed by atoms with Crippen molar-refractivity contribution in [1.82, 2.24) is 19.5 Å². The Labute approximate surface area is 422 Å². The number of benzene rings is 6. The molecule has 7 heteroatoms. The van der Waals surface area contributed by atoms with Gasteiger partial charge in [0, 0.05) is 49.6 Å². The molecule has 68 heavy (non-hydrogen) atoms. The number of hydrogen-bond donors (Lipinski definition) is 1. The van der Waals surface area contributed by atoms with E-state index in [0.29, 0.717) is 23.2 Å². The summed E-state index contributed by atoms with van der Waals surface area (Å²) in [7, 11) is 0. The minimum Gasteiger partial charge on any atom is -0.507 e. The number of pyridine rings is 1. The number of nitrogens with zero attached hydrogens (tertiary/aromatic N) is 4. The van der Waals surface area contributed by atoms with Crippen LogP contribution in [0.15, 0.2) is 128 Å². The van der Waals surface area contributed by atoms with Crippen LogP contribution in [0.2, 0.25) is 0 Å². The fraction of sp³-hybridized carbons (Fsp3) is 0.295. The molecular weight excluding hydrogens is 1030 g/mol. The number of imidazole rings is 1. The van der Waals surface area contributed by atoms with E-state index in [-0.39, 0.29) is 43.1 Å². The summed E-state index contributed by atoms with van der Waals surface area (Å²) in [5.41, 5.74) is 16.6. The molecule has 6 aromatic carbocycles. The van der Waals surface area contributed by atoms with Gasteiger partial charge in [-0.2, -0.15) is 0 Å². The largest absolute Gasteiger partial charge is 0.507 e. The van der Waals surface area contributed by atoms with E-state index in [4.69, 9.17) is 15.0 Å². The quantitative estimate of drug-likeness (QED) is 0.154. The molecule has 0 aliphatic rings. The van der Waals surface area contributed by atoms with E-state index in [1.807, 2.05) is 6.20 Å².